The van der Waals surface area contributed by atoms with Gasteiger partial charge in [0.2, 0.25) is 0 Å². The van der Waals surface area contributed by atoms with Crippen molar-refractivity contribution in [1.82, 2.24) is 14.7 Å². The Labute approximate surface area is 130 Å². The monoisotopic (exact) mass is 323 g/mol. The van der Waals surface area contributed by atoms with E-state index in [1.54, 1.807) is 4.90 Å². The summed E-state index contributed by atoms with van der Waals surface area (Å²) < 4.78 is 38.2. The number of nitrogens with zero attached hydrogens (tertiary/aromatic N) is 3. The molecular formula is C15H28F3N3O. The molecule has 2 aliphatic rings. The van der Waals surface area contributed by atoms with Crippen LogP contribution in [0, 0.1) is 0 Å². The first-order valence-electron chi connectivity index (χ1n) is 8.19. The van der Waals surface area contributed by atoms with Crippen molar-refractivity contribution < 1.29 is 18.3 Å². The van der Waals surface area contributed by atoms with E-state index in [0.717, 1.165) is 39.1 Å². The number of rotatable bonds is 5. The molecular weight excluding hydrogens is 295 g/mol. The van der Waals surface area contributed by atoms with Crippen molar-refractivity contribution in [3.8, 4) is 0 Å². The number of hydrogen-bond acceptors (Lipinski definition) is 4. The Morgan fingerprint density at radius 1 is 1.00 bits per heavy atom. The average molecular weight is 323 g/mol. The molecule has 1 atom stereocenters. The molecule has 2 rings (SSSR count). The van der Waals surface area contributed by atoms with Crippen molar-refractivity contribution in [2.45, 2.75) is 44.5 Å². The smallest absolute Gasteiger partial charge is 0.379 e. The molecule has 0 aliphatic carbocycles. The quantitative estimate of drug-likeness (QED) is 0.828. The topological polar surface area (TPSA) is 30.0 Å². The Balaban J connectivity index is 1.64. The van der Waals surface area contributed by atoms with E-state index in [1.807, 2.05) is 0 Å². The molecule has 2 fully saturated rings. The van der Waals surface area contributed by atoms with Crippen molar-refractivity contribution in [2.24, 2.45) is 0 Å². The van der Waals surface area contributed by atoms with Crippen LogP contribution in [-0.2, 0) is 0 Å². The van der Waals surface area contributed by atoms with Gasteiger partial charge in [-0.2, -0.15) is 13.2 Å². The van der Waals surface area contributed by atoms with E-state index in [2.05, 4.69) is 23.6 Å². The number of β-amino-alcohol motifs (C(OH)–C–C–N with tert-alkyl or cyclic N) is 1. The highest BCUT2D eigenvalue weighted by atomic mass is 19.4. The summed E-state index contributed by atoms with van der Waals surface area (Å²) in [5.41, 5.74) is -2.50. The molecule has 0 aromatic heterocycles. The Kier molecular flexibility index (Phi) is 5.74. The van der Waals surface area contributed by atoms with Gasteiger partial charge in [-0.15, -0.1) is 0 Å². The molecule has 0 spiro atoms. The van der Waals surface area contributed by atoms with Crippen molar-refractivity contribution >= 4 is 0 Å². The van der Waals surface area contributed by atoms with Gasteiger partial charge in [0.25, 0.3) is 0 Å². The summed E-state index contributed by atoms with van der Waals surface area (Å²) in [5, 5.41) is 9.64. The molecule has 2 aliphatic heterocycles. The van der Waals surface area contributed by atoms with E-state index in [9.17, 15) is 18.3 Å². The molecule has 1 unspecified atom stereocenters. The van der Waals surface area contributed by atoms with Crippen LogP contribution < -0.4 is 0 Å². The minimum absolute atomic E-state index is 0.205. The predicted octanol–water partition coefficient (Wildman–Crippen LogP) is 1.40. The van der Waals surface area contributed by atoms with Crippen LogP contribution in [0.5, 0.6) is 0 Å². The van der Waals surface area contributed by atoms with E-state index in [4.69, 9.17) is 0 Å². The van der Waals surface area contributed by atoms with Crippen LogP contribution >= 0.6 is 0 Å². The largest absolute Gasteiger partial charge is 0.418 e. The van der Waals surface area contributed by atoms with Gasteiger partial charge >= 0.3 is 6.18 Å². The van der Waals surface area contributed by atoms with Crippen molar-refractivity contribution in [3.05, 3.63) is 0 Å². The van der Waals surface area contributed by atoms with Gasteiger partial charge in [0.15, 0.2) is 5.60 Å². The van der Waals surface area contributed by atoms with E-state index >= 15 is 0 Å². The predicted molar refractivity (Wildman–Crippen MR) is 79.8 cm³/mol. The minimum atomic E-state index is -4.52. The summed E-state index contributed by atoms with van der Waals surface area (Å²) in [5.74, 6) is 0. The molecule has 0 amide bonds. The van der Waals surface area contributed by atoms with Crippen LogP contribution in [0.25, 0.3) is 0 Å². The summed E-state index contributed by atoms with van der Waals surface area (Å²) in [7, 11) is 0. The SMILES string of the molecule is CC(C)N1CCN(CCCN2CCC(O)(C(F)(F)F)C2)CC1. The van der Waals surface area contributed by atoms with Crippen molar-refractivity contribution in [2.75, 3.05) is 52.4 Å². The molecule has 130 valence electrons. The minimum Gasteiger partial charge on any atom is -0.379 e. The highest BCUT2D eigenvalue weighted by Crippen LogP contribution is 2.37. The van der Waals surface area contributed by atoms with Gasteiger partial charge in [-0.05, 0) is 39.8 Å². The van der Waals surface area contributed by atoms with E-state index in [0.29, 0.717) is 19.1 Å². The number of piperazine rings is 1. The van der Waals surface area contributed by atoms with Gasteiger partial charge in [0.1, 0.15) is 0 Å². The second-order valence-corrected chi connectivity index (χ2v) is 6.88. The van der Waals surface area contributed by atoms with E-state index in [-0.39, 0.29) is 13.0 Å². The number of halogens is 3. The van der Waals surface area contributed by atoms with Crippen molar-refractivity contribution in [3.63, 3.8) is 0 Å². The summed E-state index contributed by atoms with van der Waals surface area (Å²) in [6.07, 6.45) is -3.87. The van der Waals surface area contributed by atoms with E-state index in [1.165, 1.54) is 0 Å². The van der Waals surface area contributed by atoms with Gasteiger partial charge in [0.05, 0.1) is 0 Å². The van der Waals surface area contributed by atoms with Crippen LogP contribution in [0.15, 0.2) is 0 Å². The van der Waals surface area contributed by atoms with Crippen LogP contribution in [0.2, 0.25) is 0 Å². The number of aliphatic hydroxyl groups is 1. The second-order valence-electron chi connectivity index (χ2n) is 6.88. The van der Waals surface area contributed by atoms with Gasteiger partial charge in [-0.25, -0.2) is 0 Å². The summed E-state index contributed by atoms with van der Waals surface area (Å²) in [4.78, 5) is 6.56. The lowest BCUT2D eigenvalue weighted by atomic mass is 10.0. The molecule has 2 heterocycles. The molecule has 0 saturated carbocycles. The zero-order chi connectivity index (χ0) is 16.4. The average Bonchev–Trinajstić information content (AvgIpc) is 2.82. The van der Waals surface area contributed by atoms with Crippen molar-refractivity contribution in [1.29, 1.82) is 0 Å². The molecule has 0 aromatic carbocycles. The Morgan fingerprint density at radius 3 is 2.09 bits per heavy atom. The molecule has 7 heteroatoms. The summed E-state index contributed by atoms with van der Waals surface area (Å²) >= 11 is 0. The van der Waals surface area contributed by atoms with E-state index < -0.39 is 11.8 Å². The summed E-state index contributed by atoms with van der Waals surface area (Å²) in [6.45, 7) is 10.2. The second kappa shape index (κ2) is 7.03. The first kappa shape index (κ1) is 18.0. The third kappa shape index (κ3) is 4.34. The normalized spacial score (nSPS) is 29.6. The third-order valence-corrected chi connectivity index (χ3v) is 4.94. The molecule has 0 radical (unpaired) electrons. The lowest BCUT2D eigenvalue weighted by molar-refractivity contribution is -0.253. The standard InChI is InChI=1S/C15H28F3N3O/c1-13(2)21-10-8-19(9-11-21)5-3-6-20-7-4-14(22,12-20)15(16,17)18/h13,22H,3-12H2,1-2H3. The van der Waals surface area contributed by atoms with Gasteiger partial charge in [-0.3, -0.25) is 9.80 Å². The van der Waals surface area contributed by atoms with Gasteiger partial charge in [0, 0.05) is 45.3 Å². The maximum atomic E-state index is 12.7. The number of alkyl halides is 3. The Morgan fingerprint density at radius 2 is 1.59 bits per heavy atom. The van der Waals surface area contributed by atoms with Gasteiger partial charge in [-0.1, -0.05) is 0 Å². The van der Waals surface area contributed by atoms with Crippen LogP contribution in [0.1, 0.15) is 26.7 Å². The van der Waals surface area contributed by atoms with Crippen LogP contribution in [0.4, 0.5) is 13.2 Å². The fourth-order valence-electron chi connectivity index (χ4n) is 3.31. The third-order valence-electron chi connectivity index (χ3n) is 4.94. The van der Waals surface area contributed by atoms with Crippen LogP contribution in [-0.4, -0.2) is 90.0 Å². The van der Waals surface area contributed by atoms with Crippen LogP contribution in [0.3, 0.4) is 0 Å². The molecule has 4 nitrogen and oxygen atoms in total. The molecule has 22 heavy (non-hydrogen) atoms. The highest BCUT2D eigenvalue weighted by molar-refractivity contribution is 4.95. The lowest BCUT2D eigenvalue weighted by Gasteiger charge is -2.37. The maximum Gasteiger partial charge on any atom is 0.418 e. The number of hydrogen-bond donors (Lipinski definition) is 1. The maximum absolute atomic E-state index is 12.7. The first-order chi connectivity index (χ1) is 10.2. The first-order valence-corrected chi connectivity index (χ1v) is 8.19. The fraction of sp³-hybridized carbons (Fsp3) is 1.00. The zero-order valence-corrected chi connectivity index (χ0v) is 13.6. The Bertz CT molecular complexity index is 356. The van der Waals surface area contributed by atoms with Gasteiger partial charge < -0.3 is 10.0 Å². The molecule has 2 saturated heterocycles. The molecule has 0 aromatic rings. The summed E-state index contributed by atoms with van der Waals surface area (Å²) in [6, 6.07) is 0.576. The molecule has 0 bridgehead atoms. The zero-order valence-electron chi connectivity index (χ0n) is 13.6. The molecule has 1 N–H and O–H groups in total. The Hall–Kier alpha value is -0.370. The highest BCUT2D eigenvalue weighted by Gasteiger charge is 2.56. The fourth-order valence-corrected chi connectivity index (χ4v) is 3.31. The lowest BCUT2D eigenvalue weighted by Crippen LogP contribution is -2.49. The number of likely N-dealkylation sites (tertiary alicyclic amines) is 1.